The first-order valence-corrected chi connectivity index (χ1v) is 14.3. The summed E-state index contributed by atoms with van der Waals surface area (Å²) >= 11 is 0. The monoisotopic (exact) mass is 547 g/mol. The van der Waals surface area contributed by atoms with Crippen LogP contribution in [-0.2, 0) is 21.4 Å². The second kappa shape index (κ2) is 10.5. The van der Waals surface area contributed by atoms with Gasteiger partial charge in [0, 0.05) is 50.6 Å². The summed E-state index contributed by atoms with van der Waals surface area (Å²) in [5, 5.41) is 0. The number of sulfonamides is 1. The predicted octanol–water partition coefficient (Wildman–Crippen LogP) is 2.54. The van der Waals surface area contributed by atoms with Crippen LogP contribution < -0.4 is 4.90 Å². The van der Waals surface area contributed by atoms with Gasteiger partial charge in [0.25, 0.3) is 5.91 Å². The van der Waals surface area contributed by atoms with Crippen molar-refractivity contribution in [3.05, 3.63) is 65.6 Å². The number of halogens is 1. The van der Waals surface area contributed by atoms with Gasteiger partial charge in [-0.25, -0.2) is 12.7 Å². The Morgan fingerprint density at radius 1 is 1.05 bits per heavy atom. The number of anilines is 1. The van der Waals surface area contributed by atoms with E-state index in [-0.39, 0.29) is 30.8 Å². The highest BCUT2D eigenvalue weighted by molar-refractivity contribution is 7.89. The topological polar surface area (TPSA) is 97.0 Å². The molecule has 2 amide bonds. The number of carbonyl (C=O) groups excluding carboxylic acids is 2. The number of benzene rings is 1. The van der Waals surface area contributed by atoms with Crippen molar-refractivity contribution in [2.45, 2.75) is 26.4 Å². The highest BCUT2D eigenvalue weighted by Crippen LogP contribution is 2.41. The molecule has 11 heteroatoms. The van der Waals surface area contributed by atoms with E-state index in [0.717, 1.165) is 49.0 Å². The second-order valence-corrected chi connectivity index (χ2v) is 12.0. The molecule has 9 nitrogen and oxygen atoms in total. The maximum Gasteiger partial charge on any atom is 0.271 e. The molecule has 4 heterocycles. The van der Waals surface area contributed by atoms with Crippen molar-refractivity contribution in [1.29, 1.82) is 0 Å². The van der Waals surface area contributed by atoms with Crippen LogP contribution in [0.5, 0.6) is 0 Å². The molecule has 2 saturated heterocycles. The SMILES string of the molecule is CC(C)[C@@H]1C(=O)N(S(C)(=O)=O)C2=CCN(C(=O)c3ccc(CN4CCN(c5ccccc5)CC4)[nH]3)[C@H]21.Cl. The molecule has 0 spiro atoms. The summed E-state index contributed by atoms with van der Waals surface area (Å²) in [6, 6.07) is 13.6. The zero-order valence-electron chi connectivity index (χ0n) is 21.3. The van der Waals surface area contributed by atoms with Crippen LogP contribution in [0.4, 0.5) is 5.69 Å². The lowest BCUT2D eigenvalue weighted by atomic mass is 9.89. The molecule has 200 valence electrons. The zero-order valence-corrected chi connectivity index (χ0v) is 23.0. The van der Waals surface area contributed by atoms with Gasteiger partial charge in [0.15, 0.2) is 0 Å². The summed E-state index contributed by atoms with van der Waals surface area (Å²) in [5.74, 6) is -1.38. The lowest BCUT2D eigenvalue weighted by Crippen LogP contribution is -2.46. The third-order valence-electron chi connectivity index (χ3n) is 7.37. The molecule has 3 aliphatic rings. The highest BCUT2D eigenvalue weighted by atomic mass is 35.5. The molecule has 2 aromatic rings. The highest BCUT2D eigenvalue weighted by Gasteiger charge is 2.54. The molecule has 0 aliphatic carbocycles. The third kappa shape index (κ3) is 5.15. The Morgan fingerprint density at radius 2 is 1.73 bits per heavy atom. The van der Waals surface area contributed by atoms with Crippen molar-refractivity contribution in [1.82, 2.24) is 19.1 Å². The Labute approximate surface area is 224 Å². The molecule has 0 saturated carbocycles. The first-order valence-electron chi connectivity index (χ1n) is 12.4. The number of amides is 2. The van der Waals surface area contributed by atoms with E-state index >= 15 is 0 Å². The summed E-state index contributed by atoms with van der Waals surface area (Å²) in [6.07, 6.45) is 2.73. The fourth-order valence-corrected chi connectivity index (χ4v) is 6.65. The van der Waals surface area contributed by atoms with Crippen LogP contribution in [0.3, 0.4) is 0 Å². The molecule has 2 fully saturated rings. The zero-order chi connectivity index (χ0) is 25.6. The molecule has 0 unspecified atom stereocenters. The van der Waals surface area contributed by atoms with Gasteiger partial charge in [0.2, 0.25) is 15.9 Å². The van der Waals surface area contributed by atoms with E-state index in [9.17, 15) is 18.0 Å². The van der Waals surface area contributed by atoms with Crippen LogP contribution in [0.15, 0.2) is 54.2 Å². The number of hydrogen-bond donors (Lipinski definition) is 1. The van der Waals surface area contributed by atoms with Gasteiger partial charge in [0.1, 0.15) is 5.69 Å². The number of hydrogen-bond acceptors (Lipinski definition) is 6. The number of H-pyrrole nitrogens is 1. The summed E-state index contributed by atoms with van der Waals surface area (Å²) in [6.45, 7) is 8.52. The molecular formula is C26H34ClN5O4S. The van der Waals surface area contributed by atoms with Crippen molar-refractivity contribution in [2.24, 2.45) is 11.8 Å². The number of nitrogens with one attached hydrogen (secondary N) is 1. The number of aromatic nitrogens is 1. The molecule has 1 aromatic carbocycles. The van der Waals surface area contributed by atoms with Gasteiger partial charge < -0.3 is 14.8 Å². The van der Waals surface area contributed by atoms with Crippen LogP contribution in [0.1, 0.15) is 30.0 Å². The maximum absolute atomic E-state index is 13.5. The molecular weight excluding hydrogens is 514 g/mol. The fraction of sp³-hybridized carbons (Fsp3) is 0.462. The standard InChI is InChI=1S/C26H33N5O4S.ClH/c1-18(2)23-24-22(31(26(23)33)36(3,34)35)11-12-30(24)25(32)21-10-9-19(27-21)17-28-13-15-29(16-14-28)20-7-5-4-6-8-20;/h4-11,18,23-24,27H,12-17H2,1-3H3;1H/t23-,24+;/m0./s1. The number of carbonyl (C=O) groups is 2. The smallest absolute Gasteiger partial charge is 0.271 e. The van der Waals surface area contributed by atoms with Crippen molar-refractivity contribution in [2.75, 3.05) is 43.9 Å². The molecule has 0 radical (unpaired) electrons. The van der Waals surface area contributed by atoms with E-state index < -0.39 is 27.9 Å². The van der Waals surface area contributed by atoms with Crippen molar-refractivity contribution in [3.63, 3.8) is 0 Å². The second-order valence-electron chi connectivity index (χ2n) is 10.2. The lowest BCUT2D eigenvalue weighted by Gasteiger charge is -2.35. The van der Waals surface area contributed by atoms with Crippen LogP contribution >= 0.6 is 12.4 Å². The van der Waals surface area contributed by atoms with E-state index in [1.807, 2.05) is 26.0 Å². The number of para-hydroxylation sites is 1. The predicted molar refractivity (Wildman–Crippen MR) is 145 cm³/mol. The average molecular weight is 548 g/mol. The number of rotatable bonds is 6. The van der Waals surface area contributed by atoms with Crippen molar-refractivity contribution in [3.8, 4) is 0 Å². The fourth-order valence-electron chi connectivity index (χ4n) is 5.63. The average Bonchev–Trinajstić information content (AvgIpc) is 3.53. The number of aromatic amines is 1. The molecule has 1 aromatic heterocycles. The molecule has 2 atom stereocenters. The van der Waals surface area contributed by atoms with E-state index in [0.29, 0.717) is 11.4 Å². The first kappa shape index (κ1) is 27.2. The maximum atomic E-state index is 13.5. The Balaban J connectivity index is 0.00000320. The number of fused-ring (bicyclic) bond motifs is 1. The number of nitrogens with zero attached hydrogens (tertiary/aromatic N) is 4. The normalized spacial score (nSPS) is 22.3. The Hall–Kier alpha value is -2.82. The van der Waals surface area contributed by atoms with Gasteiger partial charge in [0.05, 0.1) is 23.9 Å². The van der Waals surface area contributed by atoms with Gasteiger partial charge in [-0.3, -0.25) is 14.5 Å². The largest absolute Gasteiger partial charge is 0.369 e. The van der Waals surface area contributed by atoms with Gasteiger partial charge >= 0.3 is 0 Å². The number of piperazine rings is 1. The Kier molecular flexibility index (Phi) is 7.73. The van der Waals surface area contributed by atoms with E-state index in [1.165, 1.54) is 5.69 Å². The minimum absolute atomic E-state index is 0. The summed E-state index contributed by atoms with van der Waals surface area (Å²) < 4.78 is 25.6. The van der Waals surface area contributed by atoms with E-state index in [1.54, 1.807) is 17.0 Å². The molecule has 37 heavy (non-hydrogen) atoms. The molecule has 5 rings (SSSR count). The van der Waals surface area contributed by atoms with E-state index in [2.05, 4.69) is 39.0 Å². The van der Waals surface area contributed by atoms with Crippen LogP contribution in [0, 0.1) is 11.8 Å². The van der Waals surface area contributed by atoms with Gasteiger partial charge in [-0.1, -0.05) is 32.0 Å². The van der Waals surface area contributed by atoms with E-state index in [4.69, 9.17) is 0 Å². The minimum Gasteiger partial charge on any atom is -0.369 e. The lowest BCUT2D eigenvalue weighted by molar-refractivity contribution is -0.128. The minimum atomic E-state index is -3.76. The van der Waals surface area contributed by atoms with Gasteiger partial charge in [-0.2, -0.15) is 0 Å². The van der Waals surface area contributed by atoms with Crippen LogP contribution in [0.25, 0.3) is 0 Å². The molecule has 3 aliphatic heterocycles. The van der Waals surface area contributed by atoms with Crippen LogP contribution in [0.2, 0.25) is 0 Å². The van der Waals surface area contributed by atoms with Crippen molar-refractivity contribution < 1.29 is 18.0 Å². The third-order valence-corrected chi connectivity index (χ3v) is 8.43. The van der Waals surface area contributed by atoms with Crippen molar-refractivity contribution >= 4 is 39.9 Å². The van der Waals surface area contributed by atoms with Gasteiger partial charge in [-0.05, 0) is 36.3 Å². The van der Waals surface area contributed by atoms with Crippen LogP contribution in [-0.4, -0.2) is 84.3 Å². The summed E-state index contributed by atoms with van der Waals surface area (Å²) in [4.78, 5) is 36.1. The molecule has 0 bridgehead atoms. The Morgan fingerprint density at radius 3 is 2.35 bits per heavy atom. The first-order chi connectivity index (χ1) is 17.1. The quantitative estimate of drug-likeness (QED) is 0.597. The Bertz CT molecular complexity index is 1290. The molecule has 1 N–H and O–H groups in total. The summed E-state index contributed by atoms with van der Waals surface area (Å²) in [5.41, 5.74) is 3.05. The summed E-state index contributed by atoms with van der Waals surface area (Å²) in [7, 11) is -3.76. The van der Waals surface area contributed by atoms with Gasteiger partial charge in [-0.15, -0.1) is 12.4 Å².